The number of aromatic nitrogens is 2. The molecule has 3 nitrogen and oxygen atoms in total. The second-order valence-electron chi connectivity index (χ2n) is 2.04. The molecule has 0 N–H and O–H groups in total. The molecule has 11 heavy (non-hydrogen) atoms. The average Bonchev–Trinajstić information content (AvgIpc) is 2.33. The molecule has 0 fully saturated rings. The van der Waals surface area contributed by atoms with Gasteiger partial charge in [0.05, 0.1) is 11.8 Å². The van der Waals surface area contributed by atoms with Crippen molar-refractivity contribution in [2.24, 2.45) is 0 Å². The summed E-state index contributed by atoms with van der Waals surface area (Å²) in [5, 5.41) is 3.28. The molecule has 0 saturated carbocycles. The molecule has 1 heterocycles. The fraction of sp³-hybridized carbons (Fsp3) is 0.333. The zero-order valence-electron chi connectivity index (χ0n) is 5.79. The van der Waals surface area contributed by atoms with Crippen LogP contribution in [0, 0.1) is 0 Å². The number of ketones is 1. The summed E-state index contributed by atoms with van der Waals surface area (Å²) < 4.78 is 24.1. The molecule has 0 radical (unpaired) electrons. The Morgan fingerprint density at radius 3 is 2.64 bits per heavy atom. The average molecular weight is 160 g/mol. The smallest absolute Gasteiger partial charge is 0.294 e. The van der Waals surface area contributed by atoms with Gasteiger partial charge in [-0.15, -0.1) is 0 Å². The Bertz CT molecular complexity index is 269. The second kappa shape index (κ2) is 2.77. The van der Waals surface area contributed by atoms with Gasteiger partial charge in [-0.25, -0.2) is 4.68 Å². The van der Waals surface area contributed by atoms with E-state index in [-0.39, 0.29) is 11.3 Å². The first kappa shape index (κ1) is 7.84. The van der Waals surface area contributed by atoms with Crippen LogP contribution >= 0.6 is 0 Å². The minimum absolute atomic E-state index is 0.199. The lowest BCUT2D eigenvalue weighted by Gasteiger charge is -1.94. The lowest BCUT2D eigenvalue weighted by atomic mass is 10.3. The summed E-state index contributed by atoms with van der Waals surface area (Å²) in [6, 6.07) is 0. The fourth-order valence-corrected chi connectivity index (χ4v) is 0.627. The predicted octanol–water partition coefficient (Wildman–Crippen LogP) is 1.48. The molecule has 0 aliphatic heterocycles. The Morgan fingerprint density at radius 2 is 2.36 bits per heavy atom. The van der Waals surface area contributed by atoms with Gasteiger partial charge < -0.3 is 0 Å². The van der Waals surface area contributed by atoms with Crippen molar-refractivity contribution < 1.29 is 13.6 Å². The van der Waals surface area contributed by atoms with Crippen LogP contribution in [0.3, 0.4) is 0 Å². The molecular weight excluding hydrogens is 154 g/mol. The molecule has 0 atom stereocenters. The van der Waals surface area contributed by atoms with Crippen LogP contribution in [0.1, 0.15) is 23.8 Å². The molecular formula is C6H6F2N2O. The lowest BCUT2D eigenvalue weighted by Crippen LogP contribution is -1.97. The van der Waals surface area contributed by atoms with E-state index in [4.69, 9.17) is 0 Å². The SMILES string of the molecule is CC(=O)c1cnn(C(F)F)c1. The van der Waals surface area contributed by atoms with Crippen LogP contribution in [0.5, 0.6) is 0 Å². The monoisotopic (exact) mass is 160 g/mol. The minimum atomic E-state index is -2.68. The largest absolute Gasteiger partial charge is 0.333 e. The molecule has 0 saturated heterocycles. The number of halogens is 2. The van der Waals surface area contributed by atoms with Crippen LogP contribution in [0.4, 0.5) is 8.78 Å². The number of nitrogens with zero attached hydrogens (tertiary/aromatic N) is 2. The van der Waals surface area contributed by atoms with Crippen molar-refractivity contribution in [3.05, 3.63) is 18.0 Å². The van der Waals surface area contributed by atoms with Gasteiger partial charge in [0.1, 0.15) is 0 Å². The number of alkyl halides is 2. The van der Waals surface area contributed by atoms with Gasteiger partial charge in [-0.05, 0) is 6.92 Å². The second-order valence-corrected chi connectivity index (χ2v) is 2.04. The highest BCUT2D eigenvalue weighted by Crippen LogP contribution is 2.09. The highest BCUT2D eigenvalue weighted by Gasteiger charge is 2.08. The summed E-state index contributed by atoms with van der Waals surface area (Å²) >= 11 is 0. The standard InChI is InChI=1S/C6H6F2N2O/c1-4(11)5-2-9-10(3-5)6(7)8/h2-3,6H,1H3. The molecule has 1 aromatic heterocycles. The zero-order chi connectivity index (χ0) is 8.43. The number of rotatable bonds is 2. The first-order valence-corrected chi connectivity index (χ1v) is 2.94. The maximum atomic E-state index is 11.8. The molecule has 0 aliphatic rings. The van der Waals surface area contributed by atoms with Gasteiger partial charge in [-0.1, -0.05) is 0 Å². The fourth-order valence-electron chi connectivity index (χ4n) is 0.627. The van der Waals surface area contributed by atoms with E-state index in [0.717, 1.165) is 12.4 Å². The highest BCUT2D eigenvalue weighted by atomic mass is 19.3. The van der Waals surface area contributed by atoms with Crippen molar-refractivity contribution in [2.75, 3.05) is 0 Å². The summed E-state index contributed by atoms with van der Waals surface area (Å²) in [5.74, 6) is -0.267. The summed E-state index contributed by atoms with van der Waals surface area (Å²) in [7, 11) is 0. The van der Waals surface area contributed by atoms with E-state index in [9.17, 15) is 13.6 Å². The Hall–Kier alpha value is -1.26. The highest BCUT2D eigenvalue weighted by molar-refractivity contribution is 5.93. The normalized spacial score (nSPS) is 10.5. The van der Waals surface area contributed by atoms with Gasteiger partial charge in [-0.2, -0.15) is 13.9 Å². The van der Waals surface area contributed by atoms with Crippen molar-refractivity contribution in [2.45, 2.75) is 13.5 Å². The third-order valence-electron chi connectivity index (χ3n) is 1.21. The van der Waals surface area contributed by atoms with E-state index in [1.165, 1.54) is 6.92 Å². The van der Waals surface area contributed by atoms with Gasteiger partial charge in [0.25, 0.3) is 0 Å². The summed E-state index contributed by atoms with van der Waals surface area (Å²) in [4.78, 5) is 10.6. The van der Waals surface area contributed by atoms with E-state index in [2.05, 4.69) is 5.10 Å². The number of carbonyl (C=O) groups excluding carboxylic acids is 1. The number of Topliss-reactive ketones (excluding diaryl/α,β-unsaturated/α-hetero) is 1. The van der Waals surface area contributed by atoms with Crippen LogP contribution in [0.2, 0.25) is 0 Å². The van der Waals surface area contributed by atoms with Gasteiger partial charge in [0.2, 0.25) is 0 Å². The van der Waals surface area contributed by atoms with Crippen molar-refractivity contribution in [3.8, 4) is 0 Å². The number of carbonyl (C=O) groups is 1. The molecule has 0 bridgehead atoms. The maximum Gasteiger partial charge on any atom is 0.333 e. The molecule has 0 spiro atoms. The molecule has 60 valence electrons. The van der Waals surface area contributed by atoms with Crippen molar-refractivity contribution in [1.82, 2.24) is 9.78 Å². The van der Waals surface area contributed by atoms with Crippen LogP contribution in [-0.4, -0.2) is 15.6 Å². The quantitative estimate of drug-likeness (QED) is 0.614. The van der Waals surface area contributed by atoms with E-state index >= 15 is 0 Å². The first-order chi connectivity index (χ1) is 5.11. The van der Waals surface area contributed by atoms with Crippen molar-refractivity contribution in [1.29, 1.82) is 0 Å². The van der Waals surface area contributed by atoms with Gasteiger partial charge in [0.15, 0.2) is 5.78 Å². The van der Waals surface area contributed by atoms with E-state index in [0.29, 0.717) is 4.68 Å². The number of hydrogen-bond acceptors (Lipinski definition) is 2. The van der Waals surface area contributed by atoms with Crippen molar-refractivity contribution >= 4 is 5.78 Å². The Morgan fingerprint density at radius 1 is 1.73 bits per heavy atom. The van der Waals surface area contributed by atoms with Crippen LogP contribution in [0.25, 0.3) is 0 Å². The molecule has 0 unspecified atom stereocenters. The molecule has 1 rings (SSSR count). The summed E-state index contributed by atoms with van der Waals surface area (Å²) in [5.41, 5.74) is 0.199. The molecule has 0 amide bonds. The minimum Gasteiger partial charge on any atom is -0.294 e. The van der Waals surface area contributed by atoms with E-state index < -0.39 is 6.55 Å². The molecule has 0 aliphatic carbocycles. The lowest BCUT2D eigenvalue weighted by molar-refractivity contribution is 0.0565. The third kappa shape index (κ3) is 1.60. The topological polar surface area (TPSA) is 34.9 Å². The third-order valence-corrected chi connectivity index (χ3v) is 1.21. The summed E-state index contributed by atoms with van der Waals surface area (Å²) in [6.45, 7) is -1.38. The van der Waals surface area contributed by atoms with Crippen LogP contribution in [-0.2, 0) is 0 Å². The number of hydrogen-bond donors (Lipinski definition) is 0. The zero-order valence-corrected chi connectivity index (χ0v) is 5.79. The molecule has 5 heteroatoms. The molecule has 0 aromatic carbocycles. The van der Waals surface area contributed by atoms with Crippen LogP contribution in [0.15, 0.2) is 12.4 Å². The predicted molar refractivity (Wildman–Crippen MR) is 33.5 cm³/mol. The molecule has 1 aromatic rings. The Labute approximate surface area is 61.6 Å². The van der Waals surface area contributed by atoms with Gasteiger partial charge in [0, 0.05) is 6.20 Å². The van der Waals surface area contributed by atoms with Crippen molar-refractivity contribution in [3.63, 3.8) is 0 Å². The van der Waals surface area contributed by atoms with E-state index in [1.807, 2.05) is 0 Å². The Balaban J connectivity index is 2.90. The van der Waals surface area contributed by atoms with Crippen LogP contribution < -0.4 is 0 Å². The van der Waals surface area contributed by atoms with Gasteiger partial charge in [-0.3, -0.25) is 4.79 Å². The Kier molecular flexibility index (Phi) is 1.98. The van der Waals surface area contributed by atoms with Gasteiger partial charge >= 0.3 is 6.55 Å². The maximum absolute atomic E-state index is 11.8. The summed E-state index contributed by atoms with van der Waals surface area (Å²) in [6.07, 6.45) is 2.14. The first-order valence-electron chi connectivity index (χ1n) is 2.94. The van der Waals surface area contributed by atoms with E-state index in [1.54, 1.807) is 0 Å².